The summed E-state index contributed by atoms with van der Waals surface area (Å²) in [5.41, 5.74) is 0. The lowest BCUT2D eigenvalue weighted by Gasteiger charge is -2.16. The largest absolute Gasteiger partial charge is 0.0654 e. The molecule has 0 heteroatoms. The summed E-state index contributed by atoms with van der Waals surface area (Å²) in [5.74, 6) is 1.88. The zero-order valence-electron chi connectivity index (χ0n) is 11.9. The molecule has 0 spiro atoms. The summed E-state index contributed by atoms with van der Waals surface area (Å²) in [6.07, 6.45) is 13.8. The van der Waals surface area contributed by atoms with E-state index in [9.17, 15) is 0 Å². The van der Waals surface area contributed by atoms with Crippen LogP contribution in [0.5, 0.6) is 0 Å². The summed E-state index contributed by atoms with van der Waals surface area (Å²) in [5, 5.41) is 0. The molecule has 0 aromatic heterocycles. The van der Waals surface area contributed by atoms with Gasteiger partial charge < -0.3 is 0 Å². The van der Waals surface area contributed by atoms with Crippen LogP contribution in [-0.2, 0) is 0 Å². The highest BCUT2D eigenvalue weighted by atomic mass is 14.1. The van der Waals surface area contributed by atoms with Crippen LogP contribution in [0.3, 0.4) is 0 Å². The van der Waals surface area contributed by atoms with Gasteiger partial charge in [0.15, 0.2) is 0 Å². The van der Waals surface area contributed by atoms with Crippen molar-refractivity contribution in [2.75, 3.05) is 0 Å². The van der Waals surface area contributed by atoms with Crippen molar-refractivity contribution < 1.29 is 0 Å². The van der Waals surface area contributed by atoms with Crippen LogP contribution < -0.4 is 0 Å². The van der Waals surface area contributed by atoms with Crippen LogP contribution in [0.25, 0.3) is 0 Å². The molecule has 2 unspecified atom stereocenters. The fourth-order valence-corrected chi connectivity index (χ4v) is 2.50. The third-order valence-corrected chi connectivity index (χ3v) is 3.55. The third-order valence-electron chi connectivity index (χ3n) is 3.55. The normalized spacial score (nSPS) is 15.0. The summed E-state index contributed by atoms with van der Waals surface area (Å²) in [6.45, 7) is 11.0. The minimum atomic E-state index is 0.937. The van der Waals surface area contributed by atoms with Crippen molar-refractivity contribution >= 4 is 0 Å². The predicted molar refractivity (Wildman–Crippen MR) is 75.5 cm³/mol. The maximum atomic E-state index is 3.89. The van der Waals surface area contributed by atoms with Crippen molar-refractivity contribution in [1.82, 2.24) is 0 Å². The Hall–Kier alpha value is 0. The second-order valence-electron chi connectivity index (χ2n) is 5.64. The van der Waals surface area contributed by atoms with Crippen molar-refractivity contribution in [3.8, 4) is 0 Å². The average molecular weight is 225 g/mol. The molecule has 0 rings (SSSR count). The van der Waals surface area contributed by atoms with Crippen LogP contribution in [0, 0.1) is 18.8 Å². The standard InChI is InChI=1S/C16H33/c1-5-7-9-10-11-13-16(4)14-15(3)12-8-6-2/h15-16H,1,5-14H2,2-4H3. The molecule has 16 heavy (non-hydrogen) atoms. The van der Waals surface area contributed by atoms with Gasteiger partial charge in [-0.15, -0.1) is 0 Å². The van der Waals surface area contributed by atoms with E-state index >= 15 is 0 Å². The van der Waals surface area contributed by atoms with Gasteiger partial charge in [-0.05, 0) is 18.3 Å². The smallest absolute Gasteiger partial charge is 0.0440 e. The van der Waals surface area contributed by atoms with Crippen molar-refractivity contribution in [2.45, 2.75) is 85.0 Å². The molecule has 0 N–H and O–H groups in total. The molecule has 0 aliphatic carbocycles. The van der Waals surface area contributed by atoms with E-state index in [0.717, 1.165) is 18.3 Å². The molecule has 0 aromatic carbocycles. The molecule has 0 saturated carbocycles. The monoisotopic (exact) mass is 225 g/mol. The lowest BCUT2D eigenvalue weighted by atomic mass is 9.90. The van der Waals surface area contributed by atoms with Gasteiger partial charge in [0.05, 0.1) is 0 Å². The van der Waals surface area contributed by atoms with Gasteiger partial charge >= 0.3 is 0 Å². The topological polar surface area (TPSA) is 0 Å². The Morgan fingerprint density at radius 3 is 1.94 bits per heavy atom. The molecule has 0 saturated heterocycles. The minimum absolute atomic E-state index is 0.937. The highest BCUT2D eigenvalue weighted by Crippen LogP contribution is 2.22. The first-order valence-corrected chi connectivity index (χ1v) is 7.49. The highest BCUT2D eigenvalue weighted by molar-refractivity contribution is 4.60. The fraction of sp³-hybridized carbons (Fsp3) is 0.938. The Labute approximate surface area is 104 Å². The Kier molecular flexibility index (Phi) is 11.5. The Morgan fingerprint density at radius 2 is 1.38 bits per heavy atom. The van der Waals surface area contributed by atoms with Crippen LogP contribution >= 0.6 is 0 Å². The molecule has 0 aliphatic rings. The van der Waals surface area contributed by atoms with Crippen LogP contribution in [0.4, 0.5) is 0 Å². The van der Waals surface area contributed by atoms with E-state index in [1.807, 2.05) is 0 Å². The van der Waals surface area contributed by atoms with E-state index in [1.54, 1.807) is 0 Å². The lowest BCUT2D eigenvalue weighted by Crippen LogP contribution is -2.03. The Balaban J connectivity index is 3.32. The van der Waals surface area contributed by atoms with E-state index in [4.69, 9.17) is 0 Å². The molecular weight excluding hydrogens is 192 g/mol. The molecule has 0 aliphatic heterocycles. The van der Waals surface area contributed by atoms with E-state index in [0.29, 0.717) is 0 Å². The predicted octanol–water partition coefficient (Wildman–Crippen LogP) is 6.01. The van der Waals surface area contributed by atoms with Gasteiger partial charge in [0.2, 0.25) is 0 Å². The molecular formula is C16H33. The van der Waals surface area contributed by atoms with Gasteiger partial charge in [0.1, 0.15) is 0 Å². The third kappa shape index (κ3) is 10.5. The highest BCUT2D eigenvalue weighted by Gasteiger charge is 2.08. The lowest BCUT2D eigenvalue weighted by molar-refractivity contribution is 0.360. The van der Waals surface area contributed by atoms with Crippen LogP contribution in [0.1, 0.15) is 85.0 Å². The SMILES string of the molecule is [CH2]CCCCCCC(C)CC(C)CCCC. The molecule has 0 fully saturated rings. The molecule has 97 valence electrons. The molecule has 0 nitrogen and oxygen atoms in total. The number of hydrogen-bond acceptors (Lipinski definition) is 0. The molecule has 2 atom stereocenters. The minimum Gasteiger partial charge on any atom is -0.0654 e. The average Bonchev–Trinajstić information content (AvgIpc) is 2.26. The van der Waals surface area contributed by atoms with Crippen molar-refractivity contribution in [3.05, 3.63) is 6.92 Å². The summed E-state index contributed by atoms with van der Waals surface area (Å²) < 4.78 is 0. The number of rotatable bonds is 11. The van der Waals surface area contributed by atoms with Gasteiger partial charge in [0.25, 0.3) is 0 Å². The van der Waals surface area contributed by atoms with Gasteiger partial charge in [-0.1, -0.05) is 85.5 Å². The second kappa shape index (κ2) is 11.5. The maximum Gasteiger partial charge on any atom is -0.0440 e. The van der Waals surface area contributed by atoms with Crippen LogP contribution in [-0.4, -0.2) is 0 Å². The summed E-state index contributed by atoms with van der Waals surface area (Å²) in [7, 11) is 0. The molecule has 0 amide bonds. The van der Waals surface area contributed by atoms with E-state index in [-0.39, 0.29) is 0 Å². The molecule has 1 radical (unpaired) electrons. The first-order valence-electron chi connectivity index (χ1n) is 7.49. The number of hydrogen-bond donors (Lipinski definition) is 0. The summed E-state index contributed by atoms with van der Waals surface area (Å²) in [6, 6.07) is 0. The van der Waals surface area contributed by atoms with Gasteiger partial charge in [-0.25, -0.2) is 0 Å². The van der Waals surface area contributed by atoms with Crippen LogP contribution in [0.2, 0.25) is 0 Å². The van der Waals surface area contributed by atoms with E-state index in [1.165, 1.54) is 57.8 Å². The maximum absolute atomic E-state index is 3.89. The second-order valence-corrected chi connectivity index (χ2v) is 5.64. The quantitative estimate of drug-likeness (QED) is 0.377. The van der Waals surface area contributed by atoms with Gasteiger partial charge in [-0.3, -0.25) is 0 Å². The molecule has 0 bridgehead atoms. The van der Waals surface area contributed by atoms with Gasteiger partial charge in [0, 0.05) is 0 Å². The first-order chi connectivity index (χ1) is 7.70. The van der Waals surface area contributed by atoms with E-state index in [2.05, 4.69) is 27.7 Å². The van der Waals surface area contributed by atoms with Gasteiger partial charge in [-0.2, -0.15) is 0 Å². The Bertz CT molecular complexity index is 128. The number of unbranched alkanes of at least 4 members (excludes halogenated alkanes) is 5. The van der Waals surface area contributed by atoms with E-state index < -0.39 is 0 Å². The van der Waals surface area contributed by atoms with Crippen molar-refractivity contribution in [3.63, 3.8) is 0 Å². The first kappa shape index (κ1) is 16.0. The van der Waals surface area contributed by atoms with Crippen molar-refractivity contribution in [2.24, 2.45) is 11.8 Å². The molecule has 0 heterocycles. The zero-order chi connectivity index (χ0) is 12.2. The van der Waals surface area contributed by atoms with Crippen molar-refractivity contribution in [1.29, 1.82) is 0 Å². The van der Waals surface area contributed by atoms with Crippen LogP contribution in [0.15, 0.2) is 0 Å². The summed E-state index contributed by atoms with van der Waals surface area (Å²) >= 11 is 0. The summed E-state index contributed by atoms with van der Waals surface area (Å²) in [4.78, 5) is 0. The fourth-order valence-electron chi connectivity index (χ4n) is 2.50. The molecule has 0 aromatic rings. The zero-order valence-corrected chi connectivity index (χ0v) is 11.9. The Morgan fingerprint density at radius 1 is 0.812 bits per heavy atom.